The van der Waals surface area contributed by atoms with E-state index in [-0.39, 0.29) is 5.70 Å². The molecule has 2 N–H and O–H groups in total. The van der Waals surface area contributed by atoms with Gasteiger partial charge in [0.2, 0.25) is 11.1 Å². The first kappa shape index (κ1) is 15.5. The maximum absolute atomic E-state index is 11.4. The second-order valence-corrected chi connectivity index (χ2v) is 6.35. The minimum absolute atomic E-state index is 0.0564. The summed E-state index contributed by atoms with van der Waals surface area (Å²) in [4.78, 5) is 15.8. The van der Waals surface area contributed by atoms with Gasteiger partial charge in [-0.15, -0.1) is 5.10 Å². The summed E-state index contributed by atoms with van der Waals surface area (Å²) in [6.07, 6.45) is 3.11. The van der Waals surface area contributed by atoms with Crippen LogP contribution < -0.4 is 5.32 Å². The molecule has 0 saturated carbocycles. The molecule has 2 aromatic heterocycles. The topological polar surface area (TPSA) is 93.2 Å². The van der Waals surface area contributed by atoms with E-state index in [1.807, 2.05) is 30.3 Å². The first-order valence-electron chi connectivity index (χ1n) is 7.59. The maximum atomic E-state index is 11.4. The minimum atomic E-state index is -1.05. The monoisotopic (exact) mass is 354 g/mol. The van der Waals surface area contributed by atoms with Gasteiger partial charge in [-0.2, -0.15) is 4.98 Å². The van der Waals surface area contributed by atoms with Gasteiger partial charge in [-0.1, -0.05) is 42.1 Å². The number of thioether (sulfide) groups is 1. The number of anilines is 1. The second kappa shape index (κ2) is 6.48. The van der Waals surface area contributed by atoms with E-state index in [4.69, 9.17) is 4.42 Å². The highest BCUT2D eigenvalue weighted by atomic mass is 32.2. The summed E-state index contributed by atoms with van der Waals surface area (Å²) in [5.74, 6) is 0.668. The Kier molecular flexibility index (Phi) is 4.02. The maximum Gasteiger partial charge on any atom is 0.352 e. The molecule has 25 heavy (non-hydrogen) atoms. The number of aromatic nitrogens is 3. The molecule has 4 rings (SSSR count). The lowest BCUT2D eigenvalue weighted by Crippen LogP contribution is -2.24. The van der Waals surface area contributed by atoms with Crippen LogP contribution in [0, 0.1) is 0 Å². The highest BCUT2D eigenvalue weighted by Crippen LogP contribution is 2.31. The minimum Gasteiger partial charge on any atom is -0.477 e. The first-order chi connectivity index (χ1) is 12.2. The van der Waals surface area contributed by atoms with Crippen LogP contribution in [0.1, 0.15) is 17.4 Å². The molecular weight excluding hydrogens is 340 g/mol. The number of nitrogens with one attached hydrogen (secondary N) is 1. The summed E-state index contributed by atoms with van der Waals surface area (Å²) in [5, 5.41) is 17.2. The third-order valence-corrected chi connectivity index (χ3v) is 4.63. The number of aliphatic carboxylic acids is 1. The zero-order valence-electron chi connectivity index (χ0n) is 13.0. The van der Waals surface area contributed by atoms with Gasteiger partial charge in [-0.25, -0.2) is 9.48 Å². The van der Waals surface area contributed by atoms with Crippen molar-refractivity contribution in [1.29, 1.82) is 0 Å². The highest BCUT2D eigenvalue weighted by molar-refractivity contribution is 7.98. The number of rotatable bonds is 5. The number of carbonyl (C=O) groups is 1. The fourth-order valence-corrected chi connectivity index (χ4v) is 3.33. The molecule has 126 valence electrons. The Morgan fingerprint density at radius 2 is 2.12 bits per heavy atom. The van der Waals surface area contributed by atoms with Gasteiger partial charge in [-0.05, 0) is 23.8 Å². The first-order valence-corrected chi connectivity index (χ1v) is 8.58. The molecule has 0 fully saturated rings. The van der Waals surface area contributed by atoms with E-state index in [0.29, 0.717) is 16.9 Å². The van der Waals surface area contributed by atoms with Crippen molar-refractivity contribution in [2.24, 2.45) is 0 Å². The van der Waals surface area contributed by atoms with Crippen LogP contribution in [0.4, 0.5) is 5.95 Å². The van der Waals surface area contributed by atoms with Crippen molar-refractivity contribution in [1.82, 2.24) is 14.8 Å². The highest BCUT2D eigenvalue weighted by Gasteiger charge is 2.28. The number of fused-ring (bicyclic) bond motifs is 1. The van der Waals surface area contributed by atoms with Gasteiger partial charge in [-0.3, -0.25) is 0 Å². The lowest BCUT2D eigenvalue weighted by molar-refractivity contribution is -0.132. The van der Waals surface area contributed by atoms with E-state index >= 15 is 0 Å². The van der Waals surface area contributed by atoms with E-state index in [1.165, 1.54) is 17.3 Å². The van der Waals surface area contributed by atoms with Gasteiger partial charge in [0, 0.05) is 5.75 Å². The smallest absolute Gasteiger partial charge is 0.352 e. The van der Waals surface area contributed by atoms with Crippen LogP contribution >= 0.6 is 11.8 Å². The van der Waals surface area contributed by atoms with E-state index < -0.39 is 12.0 Å². The molecule has 0 radical (unpaired) electrons. The van der Waals surface area contributed by atoms with Crippen molar-refractivity contribution in [3.05, 3.63) is 71.8 Å². The van der Waals surface area contributed by atoms with E-state index in [1.54, 1.807) is 29.2 Å². The average molecular weight is 354 g/mol. The Bertz CT molecular complexity index is 919. The van der Waals surface area contributed by atoms with Crippen molar-refractivity contribution in [2.45, 2.75) is 17.0 Å². The van der Waals surface area contributed by atoms with Crippen LogP contribution in [-0.2, 0) is 10.5 Å². The number of carboxylic acid groups (broad SMARTS) is 1. The largest absolute Gasteiger partial charge is 0.477 e. The third-order valence-electron chi connectivity index (χ3n) is 3.72. The van der Waals surface area contributed by atoms with Crippen molar-refractivity contribution < 1.29 is 14.3 Å². The fraction of sp³-hybridized carbons (Fsp3) is 0.118. The predicted octanol–water partition coefficient (Wildman–Crippen LogP) is 3.15. The quantitative estimate of drug-likeness (QED) is 0.680. The Hall–Kier alpha value is -3.00. The molecule has 8 heteroatoms. The molecule has 0 bridgehead atoms. The third kappa shape index (κ3) is 3.16. The molecule has 1 aliphatic rings. The molecule has 3 aromatic rings. The van der Waals surface area contributed by atoms with Crippen LogP contribution in [0.15, 0.2) is 70.1 Å². The Morgan fingerprint density at radius 1 is 1.28 bits per heavy atom. The predicted molar refractivity (Wildman–Crippen MR) is 92.2 cm³/mol. The number of benzene rings is 1. The molecule has 1 aromatic carbocycles. The molecule has 7 nitrogen and oxygen atoms in total. The average Bonchev–Trinajstić information content (AvgIpc) is 3.29. The summed E-state index contributed by atoms with van der Waals surface area (Å²) < 4.78 is 7.07. The molecular formula is C17H14N4O3S. The number of furan rings is 1. The van der Waals surface area contributed by atoms with Crippen LogP contribution in [0.25, 0.3) is 0 Å². The zero-order chi connectivity index (χ0) is 17.2. The number of carboxylic acids is 1. The number of hydrogen-bond donors (Lipinski definition) is 2. The van der Waals surface area contributed by atoms with Gasteiger partial charge >= 0.3 is 5.97 Å². The molecule has 1 atom stereocenters. The standard InChI is InChI=1S/C17H14N4O3S/c22-15(23)12-9-13(14-7-4-8-24-14)21-16(18-12)19-17(20-21)25-10-11-5-2-1-3-6-11/h1-9,13H,10H2,(H,22,23)(H,18,19,20). The summed E-state index contributed by atoms with van der Waals surface area (Å²) in [6.45, 7) is 0. The van der Waals surface area contributed by atoms with Crippen molar-refractivity contribution >= 4 is 23.7 Å². The van der Waals surface area contributed by atoms with Crippen molar-refractivity contribution in [2.75, 3.05) is 5.32 Å². The van der Waals surface area contributed by atoms with Crippen molar-refractivity contribution in [3.8, 4) is 0 Å². The van der Waals surface area contributed by atoms with E-state index in [9.17, 15) is 9.90 Å². The van der Waals surface area contributed by atoms with Crippen LogP contribution in [0.5, 0.6) is 0 Å². The van der Waals surface area contributed by atoms with Crippen LogP contribution in [0.2, 0.25) is 0 Å². The Morgan fingerprint density at radius 3 is 2.84 bits per heavy atom. The SMILES string of the molecule is O=C(O)C1=CC(c2ccco2)n2nc(SCc3ccccc3)nc2N1. The molecule has 0 amide bonds. The van der Waals surface area contributed by atoms with Gasteiger partial charge in [0.05, 0.1) is 6.26 Å². The van der Waals surface area contributed by atoms with E-state index in [2.05, 4.69) is 15.4 Å². The van der Waals surface area contributed by atoms with Gasteiger partial charge < -0.3 is 14.8 Å². The van der Waals surface area contributed by atoms with Crippen LogP contribution in [-0.4, -0.2) is 25.8 Å². The molecule has 0 saturated heterocycles. The van der Waals surface area contributed by atoms with Gasteiger partial charge in [0.25, 0.3) is 0 Å². The summed E-state index contributed by atoms with van der Waals surface area (Å²) in [6, 6.07) is 13.1. The van der Waals surface area contributed by atoms with Gasteiger partial charge in [0.15, 0.2) is 0 Å². The van der Waals surface area contributed by atoms with E-state index in [0.717, 1.165) is 5.75 Å². The number of nitrogens with zero attached hydrogens (tertiary/aromatic N) is 3. The molecule has 1 unspecified atom stereocenters. The molecule has 0 aliphatic carbocycles. The molecule has 3 heterocycles. The summed E-state index contributed by atoms with van der Waals surface area (Å²) in [5.41, 5.74) is 1.22. The van der Waals surface area contributed by atoms with Gasteiger partial charge in [0.1, 0.15) is 17.5 Å². The summed E-state index contributed by atoms with van der Waals surface area (Å²) in [7, 11) is 0. The Labute approximate surface area is 147 Å². The second-order valence-electron chi connectivity index (χ2n) is 5.41. The lowest BCUT2D eigenvalue weighted by atomic mass is 10.1. The number of hydrogen-bond acceptors (Lipinski definition) is 6. The van der Waals surface area contributed by atoms with Crippen LogP contribution in [0.3, 0.4) is 0 Å². The summed E-state index contributed by atoms with van der Waals surface area (Å²) >= 11 is 1.49. The zero-order valence-corrected chi connectivity index (χ0v) is 13.8. The Balaban J connectivity index is 1.62. The fourth-order valence-electron chi connectivity index (χ4n) is 2.54. The van der Waals surface area contributed by atoms with Crippen molar-refractivity contribution in [3.63, 3.8) is 0 Å². The number of allylic oxidation sites excluding steroid dienone is 1. The molecule has 1 aliphatic heterocycles. The lowest BCUT2D eigenvalue weighted by Gasteiger charge is -2.20. The normalized spacial score (nSPS) is 16.0. The molecule has 0 spiro atoms.